The van der Waals surface area contributed by atoms with Crippen LogP contribution in [-0.4, -0.2) is 19.8 Å². The predicted molar refractivity (Wildman–Crippen MR) is 92.1 cm³/mol. The number of hydrogen-bond donors (Lipinski definition) is 1. The molecule has 22 heavy (non-hydrogen) atoms. The van der Waals surface area contributed by atoms with Gasteiger partial charge in [-0.1, -0.05) is 13.0 Å². The van der Waals surface area contributed by atoms with Crippen LogP contribution in [0.2, 0.25) is 0 Å². The molecule has 0 saturated heterocycles. The molecule has 2 aromatic carbocycles. The summed E-state index contributed by atoms with van der Waals surface area (Å²) in [7, 11) is 0. The Balaban J connectivity index is 1.74. The Labute approximate surface area is 133 Å². The van der Waals surface area contributed by atoms with Crippen LogP contribution in [0.4, 0.5) is 5.69 Å². The summed E-state index contributed by atoms with van der Waals surface area (Å²) in [5, 5.41) is 3.35. The third-order valence-electron chi connectivity index (χ3n) is 3.22. The molecular formula is C19H25NO2. The summed E-state index contributed by atoms with van der Waals surface area (Å²) in [6.45, 7) is 8.43. The molecule has 3 heteroatoms. The normalized spacial score (nSPS) is 10.3. The number of rotatable bonds is 8. The van der Waals surface area contributed by atoms with E-state index in [1.165, 1.54) is 11.1 Å². The molecule has 0 spiro atoms. The van der Waals surface area contributed by atoms with Crippen LogP contribution >= 0.6 is 0 Å². The van der Waals surface area contributed by atoms with Crippen LogP contribution in [0.5, 0.6) is 11.5 Å². The van der Waals surface area contributed by atoms with Crippen LogP contribution in [0.3, 0.4) is 0 Å². The van der Waals surface area contributed by atoms with Gasteiger partial charge >= 0.3 is 0 Å². The highest BCUT2D eigenvalue weighted by atomic mass is 16.5. The highest BCUT2D eigenvalue weighted by Gasteiger charge is 1.98. The van der Waals surface area contributed by atoms with E-state index in [4.69, 9.17) is 9.47 Å². The second kappa shape index (κ2) is 8.32. The molecule has 2 aromatic rings. The van der Waals surface area contributed by atoms with E-state index in [0.717, 1.165) is 36.8 Å². The lowest BCUT2D eigenvalue weighted by molar-refractivity contribution is 0.317. The third-order valence-corrected chi connectivity index (χ3v) is 3.22. The highest BCUT2D eigenvalue weighted by molar-refractivity contribution is 5.46. The Bertz CT molecular complexity index is 558. The SMILES string of the molecule is CCCOc1ccc(NCCOc2cc(C)cc(C)c2)cc1. The molecule has 0 atom stereocenters. The van der Waals surface area contributed by atoms with Gasteiger partial charge in [0.1, 0.15) is 18.1 Å². The Kier molecular flexibility index (Phi) is 6.13. The van der Waals surface area contributed by atoms with Gasteiger partial charge in [0, 0.05) is 12.2 Å². The van der Waals surface area contributed by atoms with E-state index in [1.807, 2.05) is 24.3 Å². The molecule has 0 amide bonds. The van der Waals surface area contributed by atoms with Gasteiger partial charge in [-0.25, -0.2) is 0 Å². The van der Waals surface area contributed by atoms with Crippen molar-refractivity contribution in [1.82, 2.24) is 0 Å². The van der Waals surface area contributed by atoms with Crippen molar-refractivity contribution < 1.29 is 9.47 Å². The maximum atomic E-state index is 5.78. The minimum atomic E-state index is 0.636. The van der Waals surface area contributed by atoms with Crippen LogP contribution in [0.1, 0.15) is 24.5 Å². The molecule has 0 aliphatic rings. The Morgan fingerprint density at radius 3 is 2.09 bits per heavy atom. The van der Waals surface area contributed by atoms with Crippen molar-refractivity contribution in [3.63, 3.8) is 0 Å². The van der Waals surface area contributed by atoms with Crippen molar-refractivity contribution in [2.45, 2.75) is 27.2 Å². The van der Waals surface area contributed by atoms with E-state index >= 15 is 0 Å². The molecule has 0 aromatic heterocycles. The fourth-order valence-corrected chi connectivity index (χ4v) is 2.27. The summed E-state index contributed by atoms with van der Waals surface area (Å²) in [5.74, 6) is 1.85. The van der Waals surface area contributed by atoms with Crippen molar-refractivity contribution in [3.8, 4) is 11.5 Å². The van der Waals surface area contributed by atoms with Crippen LogP contribution < -0.4 is 14.8 Å². The van der Waals surface area contributed by atoms with Gasteiger partial charge in [-0.15, -0.1) is 0 Å². The summed E-state index contributed by atoms with van der Waals surface area (Å²) in [6.07, 6.45) is 1.02. The van der Waals surface area contributed by atoms with Gasteiger partial charge in [0.2, 0.25) is 0 Å². The molecule has 0 aliphatic heterocycles. The second-order valence-corrected chi connectivity index (χ2v) is 5.47. The van der Waals surface area contributed by atoms with Gasteiger partial charge in [0.15, 0.2) is 0 Å². The molecule has 3 nitrogen and oxygen atoms in total. The monoisotopic (exact) mass is 299 g/mol. The van der Waals surface area contributed by atoms with E-state index < -0.39 is 0 Å². The van der Waals surface area contributed by atoms with Crippen LogP contribution in [0.15, 0.2) is 42.5 Å². The average molecular weight is 299 g/mol. The van der Waals surface area contributed by atoms with Crippen LogP contribution in [0, 0.1) is 13.8 Å². The Morgan fingerprint density at radius 2 is 1.45 bits per heavy atom. The number of hydrogen-bond acceptors (Lipinski definition) is 3. The zero-order chi connectivity index (χ0) is 15.8. The minimum absolute atomic E-state index is 0.636. The summed E-state index contributed by atoms with van der Waals surface area (Å²) in [6, 6.07) is 14.3. The van der Waals surface area contributed by atoms with Gasteiger partial charge in [-0.05, 0) is 67.8 Å². The first-order valence-corrected chi connectivity index (χ1v) is 7.85. The topological polar surface area (TPSA) is 30.5 Å². The molecule has 0 radical (unpaired) electrons. The molecule has 118 valence electrons. The molecule has 0 fully saturated rings. The Morgan fingerprint density at radius 1 is 0.818 bits per heavy atom. The molecule has 0 bridgehead atoms. The molecule has 0 saturated carbocycles. The summed E-state index contributed by atoms with van der Waals surface area (Å²) < 4.78 is 11.3. The molecular weight excluding hydrogens is 274 g/mol. The molecule has 1 N–H and O–H groups in total. The predicted octanol–water partition coefficient (Wildman–Crippen LogP) is 4.58. The minimum Gasteiger partial charge on any atom is -0.494 e. The second-order valence-electron chi connectivity index (χ2n) is 5.47. The number of benzene rings is 2. The smallest absolute Gasteiger partial charge is 0.119 e. The largest absolute Gasteiger partial charge is 0.494 e. The maximum Gasteiger partial charge on any atom is 0.119 e. The standard InChI is InChI=1S/C19H25NO2/c1-4-10-21-18-7-5-17(6-8-18)20-9-11-22-19-13-15(2)12-16(3)14-19/h5-8,12-14,20H,4,9-11H2,1-3H3. The zero-order valence-electron chi connectivity index (χ0n) is 13.7. The quantitative estimate of drug-likeness (QED) is 0.724. The van der Waals surface area contributed by atoms with Crippen molar-refractivity contribution in [2.24, 2.45) is 0 Å². The van der Waals surface area contributed by atoms with Gasteiger partial charge in [0.05, 0.1) is 6.61 Å². The summed E-state index contributed by atoms with van der Waals surface area (Å²) in [4.78, 5) is 0. The first-order chi connectivity index (χ1) is 10.7. The number of ether oxygens (including phenoxy) is 2. The molecule has 2 rings (SSSR count). The van der Waals surface area contributed by atoms with E-state index in [9.17, 15) is 0 Å². The van der Waals surface area contributed by atoms with Crippen molar-refractivity contribution in [2.75, 3.05) is 25.1 Å². The maximum absolute atomic E-state index is 5.78. The lowest BCUT2D eigenvalue weighted by Gasteiger charge is -2.11. The lowest BCUT2D eigenvalue weighted by Crippen LogP contribution is -2.11. The van der Waals surface area contributed by atoms with E-state index in [0.29, 0.717) is 6.61 Å². The highest BCUT2D eigenvalue weighted by Crippen LogP contribution is 2.17. The molecule has 0 unspecified atom stereocenters. The fraction of sp³-hybridized carbons (Fsp3) is 0.368. The first-order valence-electron chi connectivity index (χ1n) is 7.85. The summed E-state index contributed by atoms with van der Waals surface area (Å²) >= 11 is 0. The van der Waals surface area contributed by atoms with Gasteiger partial charge < -0.3 is 14.8 Å². The number of anilines is 1. The number of nitrogens with one attached hydrogen (secondary N) is 1. The molecule has 0 aliphatic carbocycles. The molecule has 0 heterocycles. The first kappa shape index (κ1) is 16.2. The third kappa shape index (κ3) is 5.32. The fourth-order valence-electron chi connectivity index (χ4n) is 2.27. The van der Waals surface area contributed by atoms with Gasteiger partial charge in [-0.3, -0.25) is 0 Å². The van der Waals surface area contributed by atoms with Crippen LogP contribution in [-0.2, 0) is 0 Å². The van der Waals surface area contributed by atoms with Crippen molar-refractivity contribution in [3.05, 3.63) is 53.6 Å². The Hall–Kier alpha value is -2.16. The zero-order valence-corrected chi connectivity index (χ0v) is 13.7. The van der Waals surface area contributed by atoms with Gasteiger partial charge in [-0.2, -0.15) is 0 Å². The van der Waals surface area contributed by atoms with E-state index in [2.05, 4.69) is 44.3 Å². The van der Waals surface area contributed by atoms with Crippen molar-refractivity contribution >= 4 is 5.69 Å². The van der Waals surface area contributed by atoms with E-state index in [-0.39, 0.29) is 0 Å². The lowest BCUT2D eigenvalue weighted by atomic mass is 10.1. The van der Waals surface area contributed by atoms with Gasteiger partial charge in [0.25, 0.3) is 0 Å². The average Bonchev–Trinajstić information content (AvgIpc) is 2.50. The summed E-state index contributed by atoms with van der Waals surface area (Å²) in [5.41, 5.74) is 3.53. The van der Waals surface area contributed by atoms with Crippen LogP contribution in [0.25, 0.3) is 0 Å². The van der Waals surface area contributed by atoms with E-state index in [1.54, 1.807) is 0 Å². The van der Waals surface area contributed by atoms with Crippen molar-refractivity contribution in [1.29, 1.82) is 0 Å². The number of aryl methyl sites for hydroxylation is 2.